The van der Waals surface area contributed by atoms with E-state index in [0.717, 1.165) is 18.6 Å². The van der Waals surface area contributed by atoms with Gasteiger partial charge in [0.1, 0.15) is 0 Å². The third-order valence-electron chi connectivity index (χ3n) is 5.04. The first-order valence-corrected chi connectivity index (χ1v) is 9.48. The summed E-state index contributed by atoms with van der Waals surface area (Å²) in [6, 6.07) is 15.4. The second-order valence-electron chi connectivity index (χ2n) is 6.76. The number of hydrogen-bond donors (Lipinski definition) is 1. The fourth-order valence-electron chi connectivity index (χ4n) is 3.51. The molecule has 0 aliphatic heterocycles. The number of rotatable bonds is 8. The minimum absolute atomic E-state index is 0.452. The first-order valence-electron chi connectivity index (χ1n) is 9.48. The molecule has 3 aromatic rings. The number of nitrogens with zero attached hydrogens (tertiary/aromatic N) is 2. The molecule has 2 aromatic carbocycles. The first-order chi connectivity index (χ1) is 12.2. The van der Waals surface area contributed by atoms with Crippen LogP contribution in [0, 0.1) is 0 Å². The number of aromatic nitrogens is 1. The summed E-state index contributed by atoms with van der Waals surface area (Å²) in [5.41, 5.74) is 2.27. The van der Waals surface area contributed by atoms with Gasteiger partial charge in [0.2, 0.25) is 0 Å². The van der Waals surface area contributed by atoms with Gasteiger partial charge in [-0.1, -0.05) is 50.2 Å². The van der Waals surface area contributed by atoms with Gasteiger partial charge in [0.05, 0.1) is 5.52 Å². The standard InChI is InChI=1S/C22H29N3/c1-4-25(5-2)16-8-9-17(3)24-21-14-15-23-22-19-11-7-6-10-18(19)12-13-20(21)22/h6-7,10-15,17H,4-5,8-9,16H2,1-3H3,(H,23,24). The van der Waals surface area contributed by atoms with Gasteiger partial charge in [-0.25, -0.2) is 0 Å². The Morgan fingerprint density at radius 3 is 2.60 bits per heavy atom. The van der Waals surface area contributed by atoms with Crippen LogP contribution in [0.1, 0.15) is 33.6 Å². The van der Waals surface area contributed by atoms with Gasteiger partial charge in [-0.3, -0.25) is 4.98 Å². The molecule has 0 aliphatic carbocycles. The Morgan fingerprint density at radius 1 is 1.00 bits per heavy atom. The Kier molecular flexibility index (Phi) is 5.87. The molecule has 0 radical (unpaired) electrons. The van der Waals surface area contributed by atoms with Crippen molar-refractivity contribution in [2.75, 3.05) is 25.0 Å². The molecule has 0 saturated heterocycles. The SMILES string of the molecule is CCN(CC)CCCC(C)Nc1ccnc2c1ccc1ccccc12. The van der Waals surface area contributed by atoms with E-state index in [2.05, 4.69) is 78.4 Å². The highest BCUT2D eigenvalue weighted by Gasteiger charge is 2.09. The van der Waals surface area contributed by atoms with Crippen molar-refractivity contribution >= 4 is 27.4 Å². The second-order valence-corrected chi connectivity index (χ2v) is 6.76. The maximum atomic E-state index is 4.64. The highest BCUT2D eigenvalue weighted by atomic mass is 15.1. The van der Waals surface area contributed by atoms with Crippen molar-refractivity contribution in [3.05, 3.63) is 48.7 Å². The van der Waals surface area contributed by atoms with E-state index in [0.29, 0.717) is 6.04 Å². The molecule has 0 saturated carbocycles. The van der Waals surface area contributed by atoms with Crippen LogP contribution in [0.5, 0.6) is 0 Å². The van der Waals surface area contributed by atoms with Gasteiger partial charge in [-0.15, -0.1) is 0 Å². The van der Waals surface area contributed by atoms with Gasteiger partial charge in [-0.05, 0) is 50.9 Å². The van der Waals surface area contributed by atoms with E-state index in [1.54, 1.807) is 0 Å². The van der Waals surface area contributed by atoms with Crippen LogP contribution in [-0.2, 0) is 0 Å². The van der Waals surface area contributed by atoms with Crippen LogP contribution in [-0.4, -0.2) is 35.6 Å². The third-order valence-corrected chi connectivity index (χ3v) is 5.04. The zero-order valence-electron chi connectivity index (χ0n) is 15.6. The van der Waals surface area contributed by atoms with Gasteiger partial charge < -0.3 is 10.2 Å². The summed E-state index contributed by atoms with van der Waals surface area (Å²) in [5.74, 6) is 0. The van der Waals surface area contributed by atoms with Crippen molar-refractivity contribution < 1.29 is 0 Å². The normalized spacial score (nSPS) is 12.8. The van der Waals surface area contributed by atoms with E-state index < -0.39 is 0 Å². The van der Waals surface area contributed by atoms with Crippen LogP contribution in [0.3, 0.4) is 0 Å². The van der Waals surface area contributed by atoms with Gasteiger partial charge in [0.15, 0.2) is 0 Å². The molecule has 1 N–H and O–H groups in total. The Labute approximate surface area is 151 Å². The number of fused-ring (bicyclic) bond motifs is 3. The van der Waals surface area contributed by atoms with Crippen LogP contribution in [0.4, 0.5) is 5.69 Å². The smallest absolute Gasteiger partial charge is 0.0801 e. The largest absolute Gasteiger partial charge is 0.382 e. The Bertz CT molecular complexity index is 824. The third kappa shape index (κ3) is 4.10. The van der Waals surface area contributed by atoms with Crippen LogP contribution in [0.2, 0.25) is 0 Å². The molecule has 0 aliphatic rings. The van der Waals surface area contributed by atoms with Crippen LogP contribution < -0.4 is 5.32 Å². The second kappa shape index (κ2) is 8.30. The quantitative estimate of drug-likeness (QED) is 0.565. The van der Waals surface area contributed by atoms with E-state index in [4.69, 9.17) is 0 Å². The molecule has 3 nitrogen and oxygen atoms in total. The molecule has 25 heavy (non-hydrogen) atoms. The summed E-state index contributed by atoms with van der Waals surface area (Å²) in [5, 5.41) is 7.37. The Hall–Kier alpha value is -2.13. The van der Waals surface area contributed by atoms with Crippen LogP contribution >= 0.6 is 0 Å². The van der Waals surface area contributed by atoms with Crippen molar-refractivity contribution in [2.45, 2.75) is 39.7 Å². The first kappa shape index (κ1) is 17.7. The maximum Gasteiger partial charge on any atom is 0.0801 e. The van der Waals surface area contributed by atoms with E-state index in [-0.39, 0.29) is 0 Å². The highest BCUT2D eigenvalue weighted by Crippen LogP contribution is 2.29. The van der Waals surface area contributed by atoms with E-state index in [9.17, 15) is 0 Å². The minimum atomic E-state index is 0.452. The molecule has 132 valence electrons. The molecule has 0 fully saturated rings. The average Bonchev–Trinajstić information content (AvgIpc) is 2.65. The van der Waals surface area contributed by atoms with Crippen molar-refractivity contribution in [1.82, 2.24) is 9.88 Å². The molecule has 0 amide bonds. The summed E-state index contributed by atoms with van der Waals surface area (Å²) in [6.45, 7) is 10.2. The molecule has 0 spiro atoms. The van der Waals surface area contributed by atoms with Gasteiger partial charge in [0.25, 0.3) is 0 Å². The number of nitrogens with one attached hydrogen (secondary N) is 1. The maximum absolute atomic E-state index is 4.64. The number of benzene rings is 2. The van der Waals surface area contributed by atoms with Crippen molar-refractivity contribution in [3.8, 4) is 0 Å². The molecule has 1 atom stereocenters. The molecular weight excluding hydrogens is 306 g/mol. The van der Waals surface area contributed by atoms with Gasteiger partial charge >= 0.3 is 0 Å². The molecule has 0 bridgehead atoms. The van der Waals surface area contributed by atoms with E-state index >= 15 is 0 Å². The molecular formula is C22H29N3. The number of hydrogen-bond acceptors (Lipinski definition) is 3. The average molecular weight is 335 g/mol. The van der Waals surface area contributed by atoms with Crippen LogP contribution in [0.25, 0.3) is 21.7 Å². The fraction of sp³-hybridized carbons (Fsp3) is 0.409. The zero-order chi connectivity index (χ0) is 17.6. The molecule has 1 unspecified atom stereocenters. The summed E-state index contributed by atoms with van der Waals surface area (Å²) in [6.07, 6.45) is 4.31. The Morgan fingerprint density at radius 2 is 1.80 bits per heavy atom. The summed E-state index contributed by atoms with van der Waals surface area (Å²) >= 11 is 0. The highest BCUT2D eigenvalue weighted by molar-refractivity contribution is 6.08. The van der Waals surface area contributed by atoms with Gasteiger partial charge in [0, 0.05) is 28.7 Å². The van der Waals surface area contributed by atoms with E-state index in [1.165, 1.54) is 41.2 Å². The summed E-state index contributed by atoms with van der Waals surface area (Å²) in [7, 11) is 0. The van der Waals surface area contributed by atoms with Crippen LogP contribution in [0.15, 0.2) is 48.7 Å². The fourth-order valence-corrected chi connectivity index (χ4v) is 3.51. The summed E-state index contributed by atoms with van der Waals surface area (Å²) in [4.78, 5) is 7.12. The topological polar surface area (TPSA) is 28.2 Å². The Balaban J connectivity index is 1.74. The molecule has 3 heteroatoms. The monoisotopic (exact) mass is 335 g/mol. The lowest BCUT2D eigenvalue weighted by Crippen LogP contribution is -2.25. The number of pyridine rings is 1. The lowest BCUT2D eigenvalue weighted by atomic mass is 10.0. The van der Waals surface area contributed by atoms with Crippen molar-refractivity contribution in [2.24, 2.45) is 0 Å². The lowest BCUT2D eigenvalue weighted by Gasteiger charge is -2.21. The number of anilines is 1. The minimum Gasteiger partial charge on any atom is -0.382 e. The predicted octanol–water partition coefficient (Wildman–Crippen LogP) is 5.31. The van der Waals surface area contributed by atoms with Crippen molar-refractivity contribution in [1.29, 1.82) is 0 Å². The zero-order valence-corrected chi connectivity index (χ0v) is 15.6. The van der Waals surface area contributed by atoms with Crippen molar-refractivity contribution in [3.63, 3.8) is 0 Å². The summed E-state index contributed by atoms with van der Waals surface area (Å²) < 4.78 is 0. The lowest BCUT2D eigenvalue weighted by molar-refractivity contribution is 0.295. The molecule has 1 aromatic heterocycles. The molecule has 1 heterocycles. The molecule has 3 rings (SSSR count). The predicted molar refractivity (Wildman–Crippen MR) is 109 cm³/mol. The van der Waals surface area contributed by atoms with Gasteiger partial charge in [-0.2, -0.15) is 0 Å². The van der Waals surface area contributed by atoms with E-state index in [1.807, 2.05) is 6.20 Å².